The number of nitrogens with zero attached hydrogens (tertiary/aromatic N) is 3. The predicted molar refractivity (Wildman–Crippen MR) is 106 cm³/mol. The Morgan fingerprint density at radius 1 is 1.37 bits per heavy atom. The van der Waals surface area contributed by atoms with Gasteiger partial charge >= 0.3 is 0 Å². The summed E-state index contributed by atoms with van der Waals surface area (Å²) >= 11 is 0. The molecule has 2 atom stereocenters. The first-order valence-corrected chi connectivity index (χ1v) is 9.02. The summed E-state index contributed by atoms with van der Waals surface area (Å²) in [4.78, 5) is 8.67. The van der Waals surface area contributed by atoms with E-state index in [0.717, 1.165) is 12.2 Å². The van der Waals surface area contributed by atoms with Crippen molar-refractivity contribution in [3.63, 3.8) is 0 Å². The van der Waals surface area contributed by atoms with Gasteiger partial charge < -0.3 is 20.5 Å². The summed E-state index contributed by atoms with van der Waals surface area (Å²) in [6, 6.07) is 10.1. The Hall–Kier alpha value is -2.85. The first-order valence-electron chi connectivity index (χ1n) is 9.02. The molecule has 7 heteroatoms. The van der Waals surface area contributed by atoms with E-state index in [1.54, 1.807) is 7.11 Å². The number of rotatable bonds is 7. The number of nitriles is 1. The van der Waals surface area contributed by atoms with Gasteiger partial charge in [0.2, 0.25) is 5.95 Å². The van der Waals surface area contributed by atoms with Crippen LogP contribution in [0.15, 0.2) is 30.5 Å². The van der Waals surface area contributed by atoms with Crippen molar-refractivity contribution >= 4 is 11.8 Å². The van der Waals surface area contributed by atoms with Crippen LogP contribution in [0.4, 0.5) is 11.8 Å². The highest BCUT2D eigenvalue weighted by atomic mass is 16.5. The molecular weight excluding hydrogens is 342 g/mol. The lowest BCUT2D eigenvalue weighted by molar-refractivity contribution is -0.0511. The summed E-state index contributed by atoms with van der Waals surface area (Å²) in [5, 5.41) is 25.7. The van der Waals surface area contributed by atoms with Gasteiger partial charge in [0.05, 0.1) is 19.4 Å². The third-order valence-electron chi connectivity index (χ3n) is 5.29. The molecular formula is C20H27N5O2. The number of hydrogen-bond donors (Lipinski definition) is 3. The van der Waals surface area contributed by atoms with Crippen molar-refractivity contribution in [2.75, 3.05) is 24.3 Å². The summed E-state index contributed by atoms with van der Waals surface area (Å²) in [7, 11) is 1.65. The lowest BCUT2D eigenvalue weighted by Crippen LogP contribution is -2.57. The zero-order chi connectivity index (χ0) is 19.4. The molecule has 1 aliphatic rings. The highest BCUT2D eigenvalue weighted by Gasteiger charge is 2.47. The molecule has 0 saturated heterocycles. The van der Waals surface area contributed by atoms with Crippen LogP contribution in [0.2, 0.25) is 0 Å². The maximum absolute atomic E-state index is 9.90. The largest absolute Gasteiger partial charge is 0.497 e. The van der Waals surface area contributed by atoms with Crippen LogP contribution in [0.5, 0.6) is 5.75 Å². The van der Waals surface area contributed by atoms with E-state index in [-0.39, 0.29) is 19.0 Å². The Balaban J connectivity index is 0.00000280. The number of nitrogens with one attached hydrogen (secondary N) is 2. The molecule has 27 heavy (non-hydrogen) atoms. The normalized spacial score (nSPS) is 20.3. The zero-order valence-corrected chi connectivity index (χ0v) is 15.9. The van der Waals surface area contributed by atoms with Crippen LogP contribution in [-0.4, -0.2) is 40.9 Å². The van der Waals surface area contributed by atoms with E-state index in [1.165, 1.54) is 11.8 Å². The van der Waals surface area contributed by atoms with Crippen molar-refractivity contribution in [2.24, 2.45) is 5.41 Å². The summed E-state index contributed by atoms with van der Waals surface area (Å²) in [5.41, 5.74) is 1.33. The van der Waals surface area contributed by atoms with Gasteiger partial charge in [0.1, 0.15) is 23.2 Å². The molecule has 3 N–H and O–H groups in total. The van der Waals surface area contributed by atoms with Crippen molar-refractivity contribution in [1.82, 2.24) is 9.97 Å². The summed E-state index contributed by atoms with van der Waals surface area (Å²) in [5.74, 6) is 1.81. The molecule has 1 aromatic heterocycles. The highest BCUT2D eigenvalue weighted by molar-refractivity contribution is 5.54. The first-order chi connectivity index (χ1) is 12.9. The van der Waals surface area contributed by atoms with Crippen LogP contribution >= 0.6 is 0 Å². The quantitative estimate of drug-likeness (QED) is 0.689. The molecule has 1 aliphatic carbocycles. The van der Waals surface area contributed by atoms with E-state index in [9.17, 15) is 10.4 Å². The Kier molecular flexibility index (Phi) is 5.47. The lowest BCUT2D eigenvalue weighted by atomic mass is 9.64. The number of ether oxygens (including phenoxy) is 1. The minimum absolute atomic E-state index is 0. The van der Waals surface area contributed by atoms with E-state index in [1.807, 2.05) is 38.1 Å². The Morgan fingerprint density at radius 2 is 2.11 bits per heavy atom. The molecule has 1 fully saturated rings. The summed E-state index contributed by atoms with van der Waals surface area (Å²) in [6.45, 7) is 4.67. The SMILES string of the molecule is COc1ccc(CCNc2ncc(C#N)c(N[C@@H]3C[C@H](O)C3(C)C)n2)cc1.[HH]. The summed E-state index contributed by atoms with van der Waals surface area (Å²) < 4.78 is 5.16. The van der Waals surface area contributed by atoms with E-state index in [0.29, 0.717) is 30.3 Å². The molecule has 7 nitrogen and oxygen atoms in total. The Bertz CT molecular complexity index is 835. The molecule has 0 aliphatic heterocycles. The minimum atomic E-state index is -0.343. The van der Waals surface area contributed by atoms with Gasteiger partial charge in [-0.3, -0.25) is 0 Å². The molecule has 3 rings (SSSR count). The van der Waals surface area contributed by atoms with Gasteiger partial charge in [-0.15, -0.1) is 0 Å². The van der Waals surface area contributed by atoms with Crippen molar-refractivity contribution in [3.8, 4) is 11.8 Å². The van der Waals surface area contributed by atoms with Crippen LogP contribution in [0.25, 0.3) is 0 Å². The second-order valence-electron chi connectivity index (χ2n) is 7.36. The topological polar surface area (TPSA) is 103 Å². The van der Waals surface area contributed by atoms with Crippen LogP contribution in [0, 0.1) is 16.7 Å². The average Bonchev–Trinajstić information content (AvgIpc) is 2.68. The third kappa shape index (κ3) is 4.12. The van der Waals surface area contributed by atoms with Gasteiger partial charge in [-0.05, 0) is 30.5 Å². The van der Waals surface area contributed by atoms with Crippen LogP contribution in [-0.2, 0) is 6.42 Å². The van der Waals surface area contributed by atoms with Crippen molar-refractivity contribution < 1.29 is 11.3 Å². The van der Waals surface area contributed by atoms with Gasteiger partial charge in [-0.1, -0.05) is 26.0 Å². The maximum Gasteiger partial charge on any atom is 0.224 e. The Labute approximate surface area is 160 Å². The van der Waals surface area contributed by atoms with Gasteiger partial charge in [0, 0.05) is 19.4 Å². The monoisotopic (exact) mass is 369 g/mol. The van der Waals surface area contributed by atoms with Crippen molar-refractivity contribution in [2.45, 2.75) is 38.8 Å². The van der Waals surface area contributed by atoms with Crippen molar-refractivity contribution in [1.29, 1.82) is 5.26 Å². The molecule has 1 heterocycles. The van der Waals surface area contributed by atoms with Gasteiger partial charge in [0.15, 0.2) is 0 Å². The third-order valence-corrected chi connectivity index (χ3v) is 5.29. The predicted octanol–water partition coefficient (Wildman–Crippen LogP) is 2.83. The second-order valence-corrected chi connectivity index (χ2v) is 7.36. The molecule has 0 radical (unpaired) electrons. The first kappa shape index (κ1) is 18.9. The number of aliphatic hydroxyl groups is 1. The molecule has 0 amide bonds. The van der Waals surface area contributed by atoms with Gasteiger partial charge in [0.25, 0.3) is 0 Å². The van der Waals surface area contributed by atoms with Gasteiger partial charge in [-0.25, -0.2) is 4.98 Å². The highest BCUT2D eigenvalue weighted by Crippen LogP contribution is 2.42. The number of methoxy groups -OCH3 is 1. The summed E-state index contributed by atoms with van der Waals surface area (Å²) in [6.07, 6.45) is 2.64. The fourth-order valence-corrected chi connectivity index (χ4v) is 3.08. The minimum Gasteiger partial charge on any atom is -0.497 e. The van der Waals surface area contributed by atoms with E-state index in [4.69, 9.17) is 4.74 Å². The fraction of sp³-hybridized carbons (Fsp3) is 0.450. The number of benzene rings is 1. The van der Waals surface area contributed by atoms with Crippen molar-refractivity contribution in [3.05, 3.63) is 41.6 Å². The molecule has 0 unspecified atom stereocenters. The number of aromatic nitrogens is 2. The molecule has 1 saturated carbocycles. The standard InChI is InChI=1S/C20H25N5O2.H2/c1-20(2)16(10-17(20)26)24-18-14(11-21)12-23-19(25-18)22-9-8-13-4-6-15(27-3)7-5-13;/h4-7,12,16-17,26H,8-10H2,1-3H3,(H2,22,23,24,25);1H/t16-,17+;/m1./s1. The number of anilines is 2. The lowest BCUT2D eigenvalue weighted by Gasteiger charge is -2.49. The van der Waals surface area contributed by atoms with E-state index >= 15 is 0 Å². The zero-order valence-electron chi connectivity index (χ0n) is 15.9. The molecule has 144 valence electrons. The van der Waals surface area contributed by atoms with Crippen LogP contribution in [0.3, 0.4) is 0 Å². The molecule has 0 spiro atoms. The molecule has 1 aromatic carbocycles. The van der Waals surface area contributed by atoms with Gasteiger partial charge in [-0.2, -0.15) is 10.2 Å². The Morgan fingerprint density at radius 3 is 2.70 bits per heavy atom. The smallest absolute Gasteiger partial charge is 0.224 e. The number of aliphatic hydroxyl groups excluding tert-OH is 1. The van der Waals surface area contributed by atoms with Crippen LogP contribution in [0.1, 0.15) is 32.8 Å². The van der Waals surface area contributed by atoms with E-state index < -0.39 is 0 Å². The van der Waals surface area contributed by atoms with Crippen LogP contribution < -0.4 is 15.4 Å². The molecule has 2 aromatic rings. The maximum atomic E-state index is 9.90. The second kappa shape index (κ2) is 7.80. The fourth-order valence-electron chi connectivity index (χ4n) is 3.08. The van der Waals surface area contributed by atoms with E-state index in [2.05, 4.69) is 26.7 Å². The average molecular weight is 369 g/mol. The molecule has 0 bridgehead atoms. The number of hydrogen-bond acceptors (Lipinski definition) is 7.